The topological polar surface area (TPSA) is 30.5 Å². The second-order valence-corrected chi connectivity index (χ2v) is 4.36. The zero-order chi connectivity index (χ0) is 12.0. The second kappa shape index (κ2) is 5.99. The highest BCUT2D eigenvalue weighted by molar-refractivity contribution is 5.14. The summed E-state index contributed by atoms with van der Waals surface area (Å²) < 4.78 is 10.5. The summed E-state index contributed by atoms with van der Waals surface area (Å²) >= 11 is 0. The molecule has 0 aromatic heterocycles. The van der Waals surface area contributed by atoms with Gasteiger partial charge in [0.05, 0.1) is 5.54 Å². The van der Waals surface area contributed by atoms with Crippen LogP contribution in [0.1, 0.15) is 19.4 Å². The van der Waals surface area contributed by atoms with E-state index in [0.717, 1.165) is 6.54 Å². The first-order valence-corrected chi connectivity index (χ1v) is 5.44. The Morgan fingerprint density at radius 2 is 1.69 bits per heavy atom. The summed E-state index contributed by atoms with van der Waals surface area (Å²) in [6.07, 6.45) is -0.254. The van der Waals surface area contributed by atoms with Crippen molar-refractivity contribution in [2.45, 2.75) is 32.2 Å². The minimum atomic E-state index is -0.254. The Balaban J connectivity index is 2.53. The monoisotopic (exact) mass is 223 g/mol. The molecule has 1 N–H and O–H groups in total. The summed E-state index contributed by atoms with van der Waals surface area (Å²) in [6.45, 7) is 4.93. The van der Waals surface area contributed by atoms with E-state index in [9.17, 15) is 0 Å². The fourth-order valence-corrected chi connectivity index (χ4v) is 1.69. The average Bonchev–Trinajstić information content (AvgIpc) is 2.29. The van der Waals surface area contributed by atoms with E-state index in [0.29, 0.717) is 0 Å². The molecular weight excluding hydrogens is 202 g/mol. The molecule has 0 aliphatic heterocycles. The maximum Gasteiger partial charge on any atom is 0.174 e. The first-order chi connectivity index (χ1) is 7.60. The third kappa shape index (κ3) is 3.59. The molecule has 0 saturated heterocycles. The molecule has 16 heavy (non-hydrogen) atoms. The van der Waals surface area contributed by atoms with Gasteiger partial charge in [0.2, 0.25) is 0 Å². The van der Waals surface area contributed by atoms with Crippen LogP contribution in [0.5, 0.6) is 0 Å². The Morgan fingerprint density at radius 1 is 1.12 bits per heavy atom. The molecule has 0 fully saturated rings. The van der Waals surface area contributed by atoms with Gasteiger partial charge in [-0.25, -0.2) is 0 Å². The van der Waals surface area contributed by atoms with Gasteiger partial charge in [-0.15, -0.1) is 0 Å². The van der Waals surface area contributed by atoms with E-state index in [-0.39, 0.29) is 11.8 Å². The van der Waals surface area contributed by atoms with E-state index < -0.39 is 0 Å². The molecule has 0 saturated carbocycles. The van der Waals surface area contributed by atoms with Crippen LogP contribution in [0.4, 0.5) is 0 Å². The van der Waals surface area contributed by atoms with Gasteiger partial charge in [-0.05, 0) is 19.4 Å². The van der Waals surface area contributed by atoms with Gasteiger partial charge in [0.15, 0.2) is 6.29 Å². The standard InChI is InChI=1S/C13H21NO2/c1-13(2,12(15-3)16-4)14-10-11-8-6-5-7-9-11/h5-9,12,14H,10H2,1-4H3. The quantitative estimate of drug-likeness (QED) is 0.750. The van der Waals surface area contributed by atoms with Crippen LogP contribution in [-0.2, 0) is 16.0 Å². The van der Waals surface area contributed by atoms with Crippen molar-refractivity contribution in [3.05, 3.63) is 35.9 Å². The van der Waals surface area contributed by atoms with Crippen molar-refractivity contribution in [2.24, 2.45) is 0 Å². The highest BCUT2D eigenvalue weighted by atomic mass is 16.7. The first kappa shape index (κ1) is 13.2. The van der Waals surface area contributed by atoms with Crippen molar-refractivity contribution in [3.63, 3.8) is 0 Å². The summed E-state index contributed by atoms with van der Waals surface area (Å²) in [5.74, 6) is 0. The SMILES string of the molecule is COC(OC)C(C)(C)NCc1ccccc1. The fourth-order valence-electron chi connectivity index (χ4n) is 1.69. The normalized spacial score (nSPS) is 12.1. The molecule has 0 spiro atoms. The number of methoxy groups -OCH3 is 2. The molecule has 0 unspecified atom stereocenters. The first-order valence-electron chi connectivity index (χ1n) is 5.44. The van der Waals surface area contributed by atoms with Crippen LogP contribution in [0.3, 0.4) is 0 Å². The van der Waals surface area contributed by atoms with E-state index in [1.54, 1.807) is 14.2 Å². The van der Waals surface area contributed by atoms with Crippen molar-refractivity contribution in [3.8, 4) is 0 Å². The minimum Gasteiger partial charge on any atom is -0.354 e. The molecular formula is C13H21NO2. The van der Waals surface area contributed by atoms with Gasteiger partial charge in [0, 0.05) is 20.8 Å². The Hall–Kier alpha value is -0.900. The zero-order valence-electron chi connectivity index (χ0n) is 10.5. The zero-order valence-corrected chi connectivity index (χ0v) is 10.5. The van der Waals surface area contributed by atoms with Crippen LogP contribution in [-0.4, -0.2) is 26.0 Å². The summed E-state index contributed by atoms with van der Waals surface area (Å²) in [5.41, 5.74) is 1.03. The average molecular weight is 223 g/mol. The van der Waals surface area contributed by atoms with Crippen LogP contribution in [0.2, 0.25) is 0 Å². The Labute approximate surface area is 97.8 Å². The predicted molar refractivity (Wildman–Crippen MR) is 65.2 cm³/mol. The smallest absolute Gasteiger partial charge is 0.174 e. The van der Waals surface area contributed by atoms with Crippen molar-refractivity contribution < 1.29 is 9.47 Å². The number of rotatable bonds is 6. The van der Waals surface area contributed by atoms with Crippen LogP contribution < -0.4 is 5.32 Å². The van der Waals surface area contributed by atoms with Crippen molar-refractivity contribution in [1.82, 2.24) is 5.32 Å². The molecule has 0 bridgehead atoms. The second-order valence-electron chi connectivity index (χ2n) is 4.36. The van der Waals surface area contributed by atoms with E-state index in [1.165, 1.54) is 5.56 Å². The maximum absolute atomic E-state index is 5.27. The van der Waals surface area contributed by atoms with Gasteiger partial charge in [-0.2, -0.15) is 0 Å². The maximum atomic E-state index is 5.27. The summed E-state index contributed by atoms with van der Waals surface area (Å²) in [5, 5.41) is 3.43. The van der Waals surface area contributed by atoms with Gasteiger partial charge >= 0.3 is 0 Å². The van der Waals surface area contributed by atoms with Crippen molar-refractivity contribution in [1.29, 1.82) is 0 Å². The summed E-state index contributed by atoms with van der Waals surface area (Å²) in [6, 6.07) is 10.3. The Morgan fingerprint density at radius 3 is 2.19 bits per heavy atom. The molecule has 3 nitrogen and oxygen atoms in total. The van der Waals surface area contributed by atoms with Gasteiger partial charge < -0.3 is 14.8 Å². The van der Waals surface area contributed by atoms with E-state index in [4.69, 9.17) is 9.47 Å². The molecule has 0 heterocycles. The molecule has 1 rings (SSSR count). The van der Waals surface area contributed by atoms with Crippen LogP contribution >= 0.6 is 0 Å². The van der Waals surface area contributed by atoms with Crippen molar-refractivity contribution in [2.75, 3.05) is 14.2 Å². The lowest BCUT2D eigenvalue weighted by molar-refractivity contribution is -0.147. The lowest BCUT2D eigenvalue weighted by Gasteiger charge is -2.33. The van der Waals surface area contributed by atoms with Gasteiger partial charge in [0.1, 0.15) is 0 Å². The number of hydrogen-bond donors (Lipinski definition) is 1. The van der Waals surface area contributed by atoms with Crippen LogP contribution in [0.25, 0.3) is 0 Å². The summed E-state index contributed by atoms with van der Waals surface area (Å²) in [4.78, 5) is 0. The van der Waals surface area contributed by atoms with Gasteiger partial charge in [0.25, 0.3) is 0 Å². The molecule has 90 valence electrons. The van der Waals surface area contributed by atoms with E-state index >= 15 is 0 Å². The Kier molecular flexibility index (Phi) is 4.93. The predicted octanol–water partition coefficient (Wildman–Crippen LogP) is 2.17. The number of hydrogen-bond acceptors (Lipinski definition) is 3. The number of nitrogens with one attached hydrogen (secondary N) is 1. The number of ether oxygens (including phenoxy) is 2. The van der Waals surface area contributed by atoms with Crippen LogP contribution in [0.15, 0.2) is 30.3 Å². The molecule has 0 amide bonds. The molecule has 0 radical (unpaired) electrons. The Bertz CT molecular complexity index is 294. The molecule has 1 aromatic carbocycles. The number of benzene rings is 1. The molecule has 1 aromatic rings. The molecule has 0 aliphatic rings. The highest BCUT2D eigenvalue weighted by Gasteiger charge is 2.28. The molecule has 0 aliphatic carbocycles. The van der Waals surface area contributed by atoms with Gasteiger partial charge in [-0.1, -0.05) is 30.3 Å². The third-order valence-corrected chi connectivity index (χ3v) is 2.61. The lowest BCUT2D eigenvalue weighted by Crippen LogP contribution is -2.50. The lowest BCUT2D eigenvalue weighted by atomic mass is 10.0. The van der Waals surface area contributed by atoms with Crippen molar-refractivity contribution >= 4 is 0 Å². The molecule has 0 atom stereocenters. The fraction of sp³-hybridized carbons (Fsp3) is 0.538. The minimum absolute atomic E-state index is 0.223. The van der Waals surface area contributed by atoms with Gasteiger partial charge in [-0.3, -0.25) is 0 Å². The van der Waals surface area contributed by atoms with E-state index in [1.807, 2.05) is 18.2 Å². The highest BCUT2D eigenvalue weighted by Crippen LogP contribution is 2.14. The van der Waals surface area contributed by atoms with Crippen LogP contribution in [0, 0.1) is 0 Å². The molecule has 3 heteroatoms. The van der Waals surface area contributed by atoms with E-state index in [2.05, 4.69) is 31.3 Å². The summed E-state index contributed by atoms with van der Waals surface area (Å²) in [7, 11) is 3.31. The largest absolute Gasteiger partial charge is 0.354 e. The third-order valence-electron chi connectivity index (χ3n) is 2.61.